The van der Waals surface area contributed by atoms with Crippen molar-refractivity contribution in [2.45, 2.75) is 54.7 Å². The lowest BCUT2D eigenvalue weighted by Crippen LogP contribution is -2.38. The number of rotatable bonds is 2. The quantitative estimate of drug-likeness (QED) is 0.138. The highest BCUT2D eigenvalue weighted by molar-refractivity contribution is 8.44. The van der Waals surface area contributed by atoms with Crippen molar-refractivity contribution in [1.82, 2.24) is 39.3 Å². The lowest BCUT2D eigenvalue weighted by Gasteiger charge is -2.27. The van der Waals surface area contributed by atoms with Gasteiger partial charge in [-0.15, -0.1) is 12.6 Å². The molecule has 10 atom stereocenters. The lowest BCUT2D eigenvalue weighted by molar-refractivity contribution is -0.174. The number of hydrogen-bond donors (Lipinski definition) is 5. The number of imidazole rings is 2. The molecule has 2 bridgehead atoms. The van der Waals surface area contributed by atoms with Crippen molar-refractivity contribution < 1.29 is 42.8 Å². The van der Waals surface area contributed by atoms with Gasteiger partial charge in [0, 0.05) is 0 Å². The largest absolute Gasteiger partial charge is 0.387 e. The van der Waals surface area contributed by atoms with Crippen molar-refractivity contribution in [3.63, 3.8) is 0 Å². The van der Waals surface area contributed by atoms with Crippen molar-refractivity contribution in [3.8, 4) is 0 Å². The molecule has 42 heavy (non-hydrogen) atoms. The van der Waals surface area contributed by atoms with Gasteiger partial charge in [0.1, 0.15) is 48.5 Å². The minimum absolute atomic E-state index is 0.0950. The highest BCUT2D eigenvalue weighted by Crippen LogP contribution is 2.56. The molecule has 3 aliphatic rings. The zero-order chi connectivity index (χ0) is 29.2. The Kier molecular flexibility index (Phi) is 7.34. The van der Waals surface area contributed by atoms with Crippen LogP contribution in [0.5, 0.6) is 0 Å². The normalized spacial score (nSPS) is 37.8. The summed E-state index contributed by atoms with van der Waals surface area (Å²) in [4.78, 5) is 28.6. The second kappa shape index (κ2) is 10.9. The molecule has 4 aromatic heterocycles. The number of nitrogens with one attached hydrogen (secondary N) is 1. The third kappa shape index (κ3) is 4.95. The molecule has 3 fully saturated rings. The highest BCUT2D eigenvalue weighted by Gasteiger charge is 2.51. The Morgan fingerprint density at radius 3 is 2.64 bits per heavy atom. The van der Waals surface area contributed by atoms with Gasteiger partial charge in [-0.05, 0) is 0 Å². The van der Waals surface area contributed by atoms with E-state index in [1.165, 1.54) is 40.5 Å². The minimum Gasteiger partial charge on any atom is -0.387 e. The van der Waals surface area contributed by atoms with Gasteiger partial charge in [0.15, 0.2) is 23.6 Å². The van der Waals surface area contributed by atoms with Gasteiger partial charge in [0.05, 0.1) is 43.8 Å². The Bertz CT molecular complexity index is 1720. The van der Waals surface area contributed by atoms with Crippen LogP contribution in [0.2, 0.25) is 0 Å². The summed E-state index contributed by atoms with van der Waals surface area (Å²) in [6, 6.07) is 0. The number of fused-ring (bicyclic) bond motifs is 5. The Hall–Kier alpha value is -2.49. The first-order valence-electron chi connectivity index (χ1n) is 12.5. The molecule has 7 rings (SSSR count). The van der Waals surface area contributed by atoms with E-state index in [1.54, 1.807) is 0 Å². The predicted molar refractivity (Wildman–Crippen MR) is 144 cm³/mol. The van der Waals surface area contributed by atoms with Crippen LogP contribution in [-0.2, 0) is 32.6 Å². The number of aliphatic hydroxyl groups excluding tert-OH is 2. The van der Waals surface area contributed by atoms with E-state index in [9.17, 15) is 19.6 Å². The Morgan fingerprint density at radius 1 is 0.976 bits per heavy atom. The summed E-state index contributed by atoms with van der Waals surface area (Å²) >= 11 is 8.46. The molecule has 3 aliphatic heterocycles. The van der Waals surface area contributed by atoms with E-state index >= 15 is 0 Å². The lowest BCUT2D eigenvalue weighted by atomic mass is 10.1. The van der Waals surface area contributed by atoms with Gasteiger partial charge in [-0.3, -0.25) is 23.0 Å². The van der Waals surface area contributed by atoms with E-state index in [2.05, 4.69) is 55.0 Å². The number of thiol groups is 2. The Labute approximate surface area is 245 Å². The summed E-state index contributed by atoms with van der Waals surface area (Å²) in [5.41, 5.74) is -0.492. The van der Waals surface area contributed by atoms with Gasteiger partial charge in [0.2, 0.25) is 5.62 Å². The van der Waals surface area contributed by atoms with E-state index < -0.39 is 73.7 Å². The fourth-order valence-corrected chi connectivity index (χ4v) is 6.91. The molecule has 2 unspecified atom stereocenters. The predicted octanol–water partition coefficient (Wildman–Crippen LogP) is -0.455. The van der Waals surface area contributed by atoms with Crippen LogP contribution in [0.15, 0.2) is 36.2 Å². The molecule has 224 valence electrons. The minimum atomic E-state index is -4.19. The molecule has 0 aliphatic carbocycles. The van der Waals surface area contributed by atoms with E-state index in [0.717, 1.165) is 0 Å². The van der Waals surface area contributed by atoms with Gasteiger partial charge >= 0.3 is 6.80 Å². The van der Waals surface area contributed by atoms with E-state index in [4.69, 9.17) is 28.0 Å². The number of hydrogen-bond acceptors (Lipinski definition) is 16. The molecule has 0 spiro atoms. The SMILES string of the molecule is O=c1[nH]ncc2c1ncn2[C@@H]1O[C@@H]2COP(=O)(S)O[C@H]3[C@@H](O)[C@H](n4cnc5cncnc54)O[C@@H]3COC(S)O[C@@H]1[C@@H]2O. The zero-order valence-corrected chi connectivity index (χ0v) is 23.8. The van der Waals surface area contributed by atoms with Crippen LogP contribution >= 0.6 is 31.7 Å². The van der Waals surface area contributed by atoms with E-state index in [0.29, 0.717) is 16.7 Å². The maximum Gasteiger partial charge on any atom is 0.386 e. The van der Waals surface area contributed by atoms with Crippen molar-refractivity contribution in [3.05, 3.63) is 41.7 Å². The van der Waals surface area contributed by atoms with Crippen LogP contribution in [0.4, 0.5) is 0 Å². The van der Waals surface area contributed by atoms with Gasteiger partial charge in [-0.2, -0.15) is 5.10 Å². The molecular weight excluding hydrogens is 619 g/mol. The molecule has 0 amide bonds. The van der Waals surface area contributed by atoms with E-state index in [-0.39, 0.29) is 12.1 Å². The molecule has 21 heteroatoms. The van der Waals surface area contributed by atoms with Gasteiger partial charge in [-0.25, -0.2) is 29.6 Å². The van der Waals surface area contributed by atoms with Crippen molar-refractivity contribution in [1.29, 1.82) is 0 Å². The first kappa shape index (κ1) is 28.3. The fraction of sp³-hybridized carbons (Fsp3) is 0.524. The van der Waals surface area contributed by atoms with Crippen LogP contribution in [0.3, 0.4) is 0 Å². The fourth-order valence-electron chi connectivity index (χ4n) is 5.20. The number of aromatic amines is 1. The molecule has 0 radical (unpaired) electrons. The maximum absolute atomic E-state index is 13.3. The molecule has 18 nitrogen and oxygen atoms in total. The monoisotopic (exact) mass is 642 g/mol. The van der Waals surface area contributed by atoms with Gasteiger partial charge in [0.25, 0.3) is 5.56 Å². The number of aliphatic hydroxyl groups is 2. The average molecular weight is 643 g/mol. The summed E-state index contributed by atoms with van der Waals surface area (Å²) in [6.45, 7) is -4.89. The standard InChI is InChI=1S/C21H23N8O10PS2/c30-13-10-4-35-40(33,42)39-15-11(37-19(14(15)31)29-6-24-8-1-22-5-23-17(8)29)3-34-21(41)38-16(13)20(36-10)28-7-25-12-9(28)2-26-27-18(12)32/h1-2,5-7,10-11,13-16,19-21,30-31,41H,3-4H2,(H,27,32)(H,33,42)/t10-,11-,13-,14-,15-,16-,19-,20-,21?,40?/m1/s1. The van der Waals surface area contributed by atoms with Crippen molar-refractivity contribution >= 4 is 53.9 Å². The number of ether oxygens (including phenoxy) is 4. The average Bonchev–Trinajstić information content (AvgIpc) is 3.72. The summed E-state index contributed by atoms with van der Waals surface area (Å²) in [6.07, 6.45) is -2.30. The molecule has 7 heterocycles. The number of H-pyrrole nitrogens is 1. The molecule has 4 aromatic rings. The zero-order valence-electron chi connectivity index (χ0n) is 21.1. The van der Waals surface area contributed by atoms with Crippen LogP contribution in [0, 0.1) is 0 Å². The third-order valence-electron chi connectivity index (χ3n) is 7.14. The number of nitrogens with zero attached hydrogens (tertiary/aromatic N) is 7. The van der Waals surface area contributed by atoms with Crippen molar-refractivity contribution in [2.24, 2.45) is 0 Å². The second-order valence-corrected chi connectivity index (χ2v) is 13.0. The Balaban J connectivity index is 1.17. The first-order valence-corrected chi connectivity index (χ1v) is 15.7. The summed E-state index contributed by atoms with van der Waals surface area (Å²) in [7, 11) is 0. The summed E-state index contributed by atoms with van der Waals surface area (Å²) in [5, 5.41) is 28.4. The molecule has 3 N–H and O–H groups in total. The third-order valence-corrected chi connectivity index (χ3v) is 9.03. The second-order valence-electron chi connectivity index (χ2n) is 9.66. The summed E-state index contributed by atoms with van der Waals surface area (Å²) < 4.78 is 51.3. The molecule has 0 saturated carbocycles. The van der Waals surface area contributed by atoms with Gasteiger partial charge < -0.3 is 29.2 Å². The van der Waals surface area contributed by atoms with Gasteiger partial charge in [-0.1, -0.05) is 12.2 Å². The highest BCUT2D eigenvalue weighted by atomic mass is 32.7. The van der Waals surface area contributed by atoms with Crippen molar-refractivity contribution in [2.75, 3.05) is 13.2 Å². The molecule has 3 saturated heterocycles. The van der Waals surface area contributed by atoms with Crippen LogP contribution in [0.25, 0.3) is 22.2 Å². The smallest absolute Gasteiger partial charge is 0.386 e. The van der Waals surface area contributed by atoms with E-state index in [1.807, 2.05) is 0 Å². The number of aromatic nitrogens is 8. The Morgan fingerprint density at radius 2 is 1.79 bits per heavy atom. The molecular formula is C21H23N8O10PS2. The maximum atomic E-state index is 13.3. The van der Waals surface area contributed by atoms with Crippen LogP contribution < -0.4 is 5.56 Å². The first-order chi connectivity index (χ1) is 20.2. The summed E-state index contributed by atoms with van der Waals surface area (Å²) in [5.74, 6) is 0. The van der Waals surface area contributed by atoms with Crippen LogP contribution in [-0.4, -0.2) is 105 Å². The molecule has 0 aromatic carbocycles. The van der Waals surface area contributed by atoms with Crippen LogP contribution in [0.1, 0.15) is 12.5 Å². The topological polar surface area (TPSA) is 220 Å².